The number of fused-ring (bicyclic) bond motifs is 8. The molecule has 1 saturated heterocycles. The minimum absolute atomic E-state index is 0.000967. The maximum atomic E-state index is 14.2. The number of ether oxygens (including phenoxy) is 16. The van der Waals surface area contributed by atoms with Crippen molar-refractivity contribution in [3.05, 3.63) is 210 Å². The second-order valence-electron chi connectivity index (χ2n) is 34.1. The van der Waals surface area contributed by atoms with Gasteiger partial charge in [0.15, 0.2) is 29.4 Å². The second kappa shape index (κ2) is 49.5. The average Bonchev–Trinajstić information content (AvgIpc) is 1.10. The third-order valence-electron chi connectivity index (χ3n) is 25.5. The molecule has 6 aromatic carbocycles. The van der Waals surface area contributed by atoms with Gasteiger partial charge in [-0.1, -0.05) is 80.6 Å². The molecule has 2 amide bonds. The van der Waals surface area contributed by atoms with Crippen LogP contribution in [-0.4, -0.2) is 268 Å². The number of unbranched alkanes of at least 4 members (excludes halogenated alkanes) is 3. The van der Waals surface area contributed by atoms with Gasteiger partial charge in [-0.25, -0.2) is 14.6 Å². The van der Waals surface area contributed by atoms with E-state index >= 15 is 0 Å². The summed E-state index contributed by atoms with van der Waals surface area (Å²) in [5, 5.41) is 62.5. The summed E-state index contributed by atoms with van der Waals surface area (Å²) in [6, 6.07) is 33.0. The Morgan fingerprint density at radius 2 is 1.19 bits per heavy atom. The number of allylic oxidation sites excluding steroid dienone is 3. The lowest BCUT2D eigenvalue weighted by molar-refractivity contribution is -0.249. The van der Waals surface area contributed by atoms with Gasteiger partial charge < -0.3 is 117 Å². The lowest BCUT2D eigenvalue weighted by Crippen LogP contribution is -2.56. The number of nitrogens with one attached hydrogen (secondary N) is 3. The third-order valence-corrected chi connectivity index (χ3v) is 25.5. The van der Waals surface area contributed by atoms with Crippen molar-refractivity contribution >= 4 is 70.8 Å². The van der Waals surface area contributed by atoms with Crippen LogP contribution >= 0.6 is 0 Å². The maximum Gasteiger partial charge on any atom is 0.407 e. The highest BCUT2D eigenvalue weighted by Gasteiger charge is 2.51. The number of aliphatic imine (C=N–C) groups is 4. The van der Waals surface area contributed by atoms with E-state index in [1.54, 1.807) is 34.7 Å². The second-order valence-corrected chi connectivity index (χ2v) is 34.1. The van der Waals surface area contributed by atoms with Gasteiger partial charge in [0.1, 0.15) is 65.9 Å². The number of alkyl carbamates (subject to hydrolysis) is 2. The first-order chi connectivity index (χ1) is 66.5. The predicted octanol–water partition coefficient (Wildman–Crippen LogP) is 13.8. The summed E-state index contributed by atoms with van der Waals surface area (Å²) in [5.74, 6) is -1.98. The number of aromatic amines is 1. The number of phenolic OH excluding ortho intramolecular Hbond substituents is 2. The number of Topliss-reactive ketones (excluding diaryl/α,β-unsaturated/α-hetero) is 1. The van der Waals surface area contributed by atoms with E-state index in [2.05, 4.69) is 78.9 Å². The Labute approximate surface area is 798 Å². The van der Waals surface area contributed by atoms with E-state index in [1.807, 2.05) is 67.7 Å². The van der Waals surface area contributed by atoms with E-state index < -0.39 is 113 Å². The van der Waals surface area contributed by atoms with Crippen molar-refractivity contribution < 1.29 is 125 Å². The number of aliphatic hydroxyl groups excluding tert-OH is 2. The number of hydrogen-bond donors (Lipinski definition) is 8. The van der Waals surface area contributed by atoms with Crippen LogP contribution in [0.5, 0.6) is 40.2 Å². The van der Waals surface area contributed by atoms with Crippen molar-refractivity contribution in [2.24, 2.45) is 20.0 Å². The van der Waals surface area contributed by atoms with E-state index in [-0.39, 0.29) is 86.7 Å². The van der Waals surface area contributed by atoms with Gasteiger partial charge in [0.05, 0.1) is 183 Å². The maximum absolute atomic E-state index is 14.2. The molecule has 4 aliphatic heterocycles. The zero-order valence-corrected chi connectivity index (χ0v) is 79.6. The quantitative estimate of drug-likeness (QED) is 0.00997. The summed E-state index contributed by atoms with van der Waals surface area (Å²) in [6.07, 6.45) is 4.22. The normalized spacial score (nSPS) is 19.3. The van der Waals surface area contributed by atoms with Gasteiger partial charge in [0.25, 0.3) is 0 Å². The summed E-state index contributed by atoms with van der Waals surface area (Å²) >= 11 is 0. The molecule has 6 bridgehead atoms. The van der Waals surface area contributed by atoms with Crippen molar-refractivity contribution in [3.8, 4) is 40.2 Å². The van der Waals surface area contributed by atoms with Crippen molar-refractivity contribution in [1.82, 2.24) is 15.6 Å². The number of amides is 2. The van der Waals surface area contributed by atoms with Gasteiger partial charge in [-0.15, -0.1) is 0 Å². The summed E-state index contributed by atoms with van der Waals surface area (Å²) < 4.78 is 94.2. The van der Waals surface area contributed by atoms with Gasteiger partial charge >= 0.3 is 12.2 Å². The zero-order valence-electron chi connectivity index (χ0n) is 79.6. The summed E-state index contributed by atoms with van der Waals surface area (Å²) in [6.45, 7) is 13.8. The fraction of sp³-hybridized carbons (Fsp3) is 0.471. The molecule has 734 valence electrons. The molecule has 2 aliphatic carbocycles. The van der Waals surface area contributed by atoms with Crippen LogP contribution in [0.2, 0.25) is 0 Å². The zero-order chi connectivity index (χ0) is 97.1. The summed E-state index contributed by atoms with van der Waals surface area (Å²) in [4.78, 5) is 93.6. The van der Waals surface area contributed by atoms with Crippen LogP contribution < -0.4 is 34.3 Å². The number of rotatable bonds is 49. The Bertz CT molecular complexity index is 5540. The van der Waals surface area contributed by atoms with Gasteiger partial charge in [-0.05, 0) is 171 Å². The number of ketones is 3. The van der Waals surface area contributed by atoms with Crippen molar-refractivity contribution in [2.45, 2.75) is 172 Å². The number of phenols is 2. The molecule has 6 aliphatic rings. The molecule has 0 spiro atoms. The molecule has 1 aromatic heterocycles. The molecule has 3 unspecified atom stereocenters. The van der Waals surface area contributed by atoms with Crippen LogP contribution in [-0.2, 0) is 88.2 Å². The van der Waals surface area contributed by atoms with Crippen LogP contribution in [0.1, 0.15) is 187 Å². The Morgan fingerprint density at radius 3 is 1.78 bits per heavy atom. The molecule has 7 aromatic rings. The van der Waals surface area contributed by atoms with E-state index in [1.165, 1.54) is 43.4 Å². The highest BCUT2D eigenvalue weighted by molar-refractivity contribution is 6.41. The highest BCUT2D eigenvalue weighted by Crippen LogP contribution is 2.54. The first-order valence-corrected chi connectivity index (χ1v) is 46.9. The molecular formula is C104H127N7O26. The number of aromatic hydroxyl groups is 2. The number of carbonyl (C=O) groups excluding carboxylic acids is 5. The van der Waals surface area contributed by atoms with Crippen LogP contribution in [0.4, 0.5) is 21.0 Å². The molecule has 7 atom stereocenters. The van der Waals surface area contributed by atoms with E-state index in [4.69, 9.17) is 95.8 Å². The van der Waals surface area contributed by atoms with Crippen LogP contribution in [0.15, 0.2) is 157 Å². The molecular weight excluding hydrogens is 1760 g/mol. The number of hydrogen-bond acceptors (Lipinski definition) is 30. The van der Waals surface area contributed by atoms with E-state index in [0.29, 0.717) is 146 Å². The number of nitrogens with zero attached hydrogens (tertiary/aromatic N) is 4. The van der Waals surface area contributed by atoms with E-state index in [9.17, 15) is 49.5 Å². The summed E-state index contributed by atoms with van der Waals surface area (Å²) in [7, 11) is 7.87. The molecule has 8 N–H and O–H groups in total. The van der Waals surface area contributed by atoms with Crippen LogP contribution in [0, 0.1) is 0 Å². The number of carbonyl (C=O) groups is 5. The van der Waals surface area contributed by atoms with Crippen molar-refractivity contribution in [1.29, 1.82) is 0 Å². The first kappa shape index (κ1) is 103. The molecule has 33 nitrogen and oxygen atoms in total. The summed E-state index contributed by atoms with van der Waals surface area (Å²) in [5.41, 5.74) is 9.00. The average molecular weight is 1890 g/mol. The van der Waals surface area contributed by atoms with Crippen molar-refractivity contribution in [2.75, 3.05) is 148 Å². The van der Waals surface area contributed by atoms with Crippen LogP contribution in [0.25, 0.3) is 6.08 Å². The SMILES string of the molecule is CCc1c2[nH]c(c1CC)CC1N=C(C=Nc3cc(OCCOCCOCCOC)c(OCCOCCOCCOC)cc3N=CC3=N/C(=C\2)C(CCCNC(=O)OCCCCCCOC(=O)N[C@H]2C[C@@H](OC4CC(O)(C(=O)CO)Cc5c(O)c6c(c(O)c54)C(=O)c4c(OC)cccc4C6=O)O[C@@H](C)[C@H]2O)=C3C)C(C)=C1CCCOC(c1ccccc1)(c1ccc(OC)cc1)c1ccc(OC)cc1. The van der Waals surface area contributed by atoms with Crippen LogP contribution in [0.3, 0.4) is 0 Å². The lowest BCUT2D eigenvalue weighted by atomic mass is 9.72. The Balaban J connectivity index is 0.672. The molecule has 0 saturated carbocycles. The van der Waals surface area contributed by atoms with Gasteiger partial charge in [0.2, 0.25) is 5.78 Å². The van der Waals surface area contributed by atoms with Crippen molar-refractivity contribution in [3.63, 3.8) is 0 Å². The number of aromatic nitrogens is 1. The molecule has 1 fully saturated rings. The number of benzene rings is 6. The fourth-order valence-electron chi connectivity index (χ4n) is 18.3. The largest absolute Gasteiger partial charge is 0.507 e. The van der Waals surface area contributed by atoms with Gasteiger partial charge in [0, 0.05) is 93.3 Å². The Kier molecular flexibility index (Phi) is 37.0. The molecule has 137 heavy (non-hydrogen) atoms. The fourth-order valence-corrected chi connectivity index (χ4v) is 18.3. The minimum atomic E-state index is -2.40. The first-order valence-electron chi connectivity index (χ1n) is 46.9. The smallest absolute Gasteiger partial charge is 0.407 e. The van der Waals surface area contributed by atoms with Gasteiger partial charge in [-0.2, -0.15) is 0 Å². The minimum Gasteiger partial charge on any atom is -0.507 e. The number of H-pyrrole nitrogens is 1. The predicted molar refractivity (Wildman–Crippen MR) is 513 cm³/mol. The highest BCUT2D eigenvalue weighted by atomic mass is 16.7. The number of methoxy groups -OCH3 is 5. The topological polar surface area (TPSA) is 423 Å². The molecule has 33 heteroatoms. The Morgan fingerprint density at radius 1 is 0.606 bits per heavy atom. The standard InChI is InChI=1S/C104H127N7O26/c1-11-71-72(12-2)78-54-80-74(27-22-40-135-104(66-23-16-15-17-24-66,67-29-33-69(124-8)34-30-67)68-31-35-70(125-9)36-32-68)64(4)85(110-80)61-107-82-56-88(132-52-50-130-48-46-128-44-42-123-7)87(131-51-49-129-47-45-127-43-41-122-6)55-81(82)106-60-84-63(3)73(79(109-84)53-77(71)108-78)26-21-37-105-101(119)133-38-18-13-14-19-39-134-102(120)111-83-57-91(136-65(5)96(83)114)137-89-59-103(121,90(113)62-112)58-76-93(89)100(118)95-94(98(76)116)97(115)75-25-20-28-86(126-10)92(75)99(95)117/h15-17,20,23-25,28-36,53,55-56,60-61,65,80,83,89,91,96,108,112,114,116,118,121H,11-14,18-19,21-22,26-27,37-52,54,57-59,62H2,1-10H3,(H,105,119)(H,111,120)/b79-53-,106-60?,107-61?/t65-,80?,83-,89?,91+,96+,103?/m0/s1. The lowest BCUT2D eigenvalue weighted by Gasteiger charge is -2.42. The molecule has 13 rings (SSSR count). The van der Waals surface area contributed by atoms with Gasteiger partial charge in [-0.3, -0.25) is 29.4 Å². The third kappa shape index (κ3) is 24.7. The Hall–Kier alpha value is -11.8. The number of aliphatic hydroxyl groups is 3. The molecule has 0 radical (unpaired) electrons. The molecule has 5 heterocycles. The monoisotopic (exact) mass is 1890 g/mol. The van der Waals surface area contributed by atoms with E-state index in [0.717, 1.165) is 86.1 Å².